The Balaban J connectivity index is 3.87. The number of rotatable bonds is 7. The summed E-state index contributed by atoms with van der Waals surface area (Å²) in [6.45, 7) is 6.60. The predicted octanol–water partition coefficient (Wildman–Crippen LogP) is 0.783. The highest BCUT2D eigenvalue weighted by atomic mass is 16.6. The Hall–Kier alpha value is -1.14. The fraction of sp³-hybridized carbons (Fsp3) is 0.846. The summed E-state index contributed by atoms with van der Waals surface area (Å²) in [6, 6.07) is 0. The average Bonchev–Trinajstić information content (AvgIpc) is 2.12. The van der Waals surface area contributed by atoms with Gasteiger partial charge in [-0.1, -0.05) is 0 Å². The van der Waals surface area contributed by atoms with Gasteiger partial charge in [0, 0.05) is 13.3 Å². The predicted molar refractivity (Wildman–Crippen MR) is 68.3 cm³/mol. The smallest absolute Gasteiger partial charge is 0.308 e. The number of aliphatic hydroxyl groups excluding tert-OH is 2. The summed E-state index contributed by atoms with van der Waals surface area (Å²) in [6.07, 6.45) is -1.69. The molecule has 0 heterocycles. The first kappa shape index (κ1) is 17.9. The summed E-state index contributed by atoms with van der Waals surface area (Å²) in [5.41, 5.74) is -0.593. The maximum atomic E-state index is 11.4. The number of hydrogen-bond acceptors (Lipinski definition) is 6. The molecule has 0 aliphatic carbocycles. The standard InChI is InChI=1S/C13H24O6/c1-9(14)18-6-5-10(15)7-11(16)8-12(17)19-13(2,3)4/h10-11,15-16H,5-8H2,1-4H3. The Kier molecular flexibility index (Phi) is 7.63. The van der Waals surface area contributed by atoms with Gasteiger partial charge in [0.25, 0.3) is 0 Å². The molecule has 0 saturated carbocycles. The van der Waals surface area contributed by atoms with Gasteiger partial charge in [-0.05, 0) is 27.2 Å². The molecule has 19 heavy (non-hydrogen) atoms. The van der Waals surface area contributed by atoms with Crippen molar-refractivity contribution in [3.63, 3.8) is 0 Å². The van der Waals surface area contributed by atoms with Crippen molar-refractivity contribution in [1.82, 2.24) is 0 Å². The van der Waals surface area contributed by atoms with E-state index in [0.717, 1.165) is 0 Å². The molecule has 6 heteroatoms. The Morgan fingerprint density at radius 3 is 2.21 bits per heavy atom. The summed E-state index contributed by atoms with van der Waals surface area (Å²) in [5.74, 6) is -0.923. The van der Waals surface area contributed by atoms with Crippen molar-refractivity contribution in [2.24, 2.45) is 0 Å². The highest BCUT2D eigenvalue weighted by Gasteiger charge is 2.21. The van der Waals surface area contributed by atoms with Gasteiger partial charge in [-0.2, -0.15) is 0 Å². The van der Waals surface area contributed by atoms with Crippen LogP contribution in [-0.2, 0) is 19.1 Å². The summed E-state index contributed by atoms with van der Waals surface area (Å²) in [5, 5.41) is 19.2. The number of aliphatic hydroxyl groups is 2. The molecule has 112 valence electrons. The van der Waals surface area contributed by atoms with Crippen LogP contribution >= 0.6 is 0 Å². The molecule has 0 aromatic carbocycles. The van der Waals surface area contributed by atoms with E-state index in [4.69, 9.17) is 4.74 Å². The van der Waals surface area contributed by atoms with Crippen molar-refractivity contribution in [1.29, 1.82) is 0 Å². The zero-order valence-corrected chi connectivity index (χ0v) is 12.0. The third kappa shape index (κ3) is 11.7. The molecule has 0 saturated heterocycles. The molecule has 0 aromatic rings. The topological polar surface area (TPSA) is 93.1 Å². The quantitative estimate of drug-likeness (QED) is 0.668. The van der Waals surface area contributed by atoms with Crippen LogP contribution in [0.15, 0.2) is 0 Å². The van der Waals surface area contributed by atoms with Gasteiger partial charge in [-0.3, -0.25) is 9.59 Å². The van der Waals surface area contributed by atoms with Crippen LogP contribution in [0, 0.1) is 0 Å². The van der Waals surface area contributed by atoms with Gasteiger partial charge in [0.2, 0.25) is 0 Å². The van der Waals surface area contributed by atoms with Crippen LogP contribution in [-0.4, -0.2) is 46.6 Å². The lowest BCUT2D eigenvalue weighted by molar-refractivity contribution is -0.157. The molecule has 0 spiro atoms. The van der Waals surface area contributed by atoms with E-state index >= 15 is 0 Å². The minimum absolute atomic E-state index is 0.0422. The molecule has 2 atom stereocenters. The second-order valence-corrected chi connectivity index (χ2v) is 5.46. The molecular formula is C13H24O6. The summed E-state index contributed by atoms with van der Waals surface area (Å²) in [7, 11) is 0. The van der Waals surface area contributed by atoms with Gasteiger partial charge in [-0.25, -0.2) is 0 Å². The first-order valence-electron chi connectivity index (χ1n) is 6.31. The van der Waals surface area contributed by atoms with Crippen LogP contribution in [0.4, 0.5) is 0 Å². The van der Waals surface area contributed by atoms with E-state index in [-0.39, 0.29) is 25.9 Å². The van der Waals surface area contributed by atoms with Crippen molar-refractivity contribution in [2.75, 3.05) is 6.61 Å². The normalized spacial score (nSPS) is 14.6. The Labute approximate surface area is 113 Å². The lowest BCUT2D eigenvalue weighted by Crippen LogP contribution is -2.28. The van der Waals surface area contributed by atoms with Crippen LogP contribution in [0.25, 0.3) is 0 Å². The number of ether oxygens (including phenoxy) is 2. The molecule has 0 aromatic heterocycles. The second kappa shape index (κ2) is 8.12. The molecule has 0 radical (unpaired) electrons. The molecule has 0 bridgehead atoms. The molecule has 0 fully saturated rings. The van der Waals surface area contributed by atoms with Crippen LogP contribution < -0.4 is 0 Å². The average molecular weight is 276 g/mol. The monoisotopic (exact) mass is 276 g/mol. The van der Waals surface area contributed by atoms with E-state index in [1.807, 2.05) is 0 Å². The van der Waals surface area contributed by atoms with Crippen molar-refractivity contribution >= 4 is 11.9 Å². The van der Waals surface area contributed by atoms with Gasteiger partial charge < -0.3 is 19.7 Å². The van der Waals surface area contributed by atoms with Crippen LogP contribution in [0.5, 0.6) is 0 Å². The number of carbonyl (C=O) groups excluding carboxylic acids is 2. The number of esters is 2. The van der Waals surface area contributed by atoms with Crippen molar-refractivity contribution in [2.45, 2.75) is 64.8 Å². The summed E-state index contributed by atoms with van der Waals surface area (Å²) in [4.78, 5) is 21.9. The summed E-state index contributed by atoms with van der Waals surface area (Å²) < 4.78 is 9.72. The van der Waals surface area contributed by atoms with E-state index < -0.39 is 29.7 Å². The highest BCUT2D eigenvalue weighted by molar-refractivity contribution is 5.70. The van der Waals surface area contributed by atoms with Gasteiger partial charge in [0.15, 0.2) is 0 Å². The maximum Gasteiger partial charge on any atom is 0.308 e. The highest BCUT2D eigenvalue weighted by Crippen LogP contribution is 2.12. The number of hydrogen-bond donors (Lipinski definition) is 2. The van der Waals surface area contributed by atoms with E-state index in [1.54, 1.807) is 20.8 Å². The van der Waals surface area contributed by atoms with Gasteiger partial charge >= 0.3 is 11.9 Å². The largest absolute Gasteiger partial charge is 0.466 e. The second-order valence-electron chi connectivity index (χ2n) is 5.46. The van der Waals surface area contributed by atoms with Gasteiger partial charge in [0.1, 0.15) is 5.60 Å². The SMILES string of the molecule is CC(=O)OCCC(O)CC(O)CC(=O)OC(C)(C)C. The van der Waals surface area contributed by atoms with E-state index in [0.29, 0.717) is 0 Å². The Morgan fingerprint density at radius 2 is 1.74 bits per heavy atom. The van der Waals surface area contributed by atoms with Gasteiger partial charge in [-0.15, -0.1) is 0 Å². The molecule has 0 aliphatic rings. The first-order chi connectivity index (χ1) is 8.60. The molecule has 0 amide bonds. The summed E-state index contributed by atoms with van der Waals surface area (Å²) >= 11 is 0. The van der Waals surface area contributed by atoms with E-state index in [2.05, 4.69) is 4.74 Å². The van der Waals surface area contributed by atoms with E-state index in [1.165, 1.54) is 6.92 Å². The third-order valence-corrected chi connectivity index (χ3v) is 2.12. The zero-order chi connectivity index (χ0) is 15.1. The zero-order valence-electron chi connectivity index (χ0n) is 12.0. The minimum atomic E-state index is -0.970. The van der Waals surface area contributed by atoms with Gasteiger partial charge in [0.05, 0.1) is 25.2 Å². The van der Waals surface area contributed by atoms with E-state index in [9.17, 15) is 19.8 Å². The van der Waals surface area contributed by atoms with Crippen molar-refractivity contribution in [3.8, 4) is 0 Å². The maximum absolute atomic E-state index is 11.4. The molecule has 6 nitrogen and oxygen atoms in total. The Bertz CT molecular complexity index is 294. The molecular weight excluding hydrogens is 252 g/mol. The lowest BCUT2D eigenvalue weighted by Gasteiger charge is -2.21. The Morgan fingerprint density at radius 1 is 1.16 bits per heavy atom. The lowest BCUT2D eigenvalue weighted by atomic mass is 10.1. The molecule has 2 N–H and O–H groups in total. The number of carbonyl (C=O) groups is 2. The van der Waals surface area contributed by atoms with Crippen LogP contribution in [0.1, 0.15) is 47.0 Å². The minimum Gasteiger partial charge on any atom is -0.466 e. The van der Waals surface area contributed by atoms with Crippen molar-refractivity contribution in [3.05, 3.63) is 0 Å². The molecule has 0 rings (SSSR count). The fourth-order valence-corrected chi connectivity index (χ4v) is 1.43. The molecule has 2 unspecified atom stereocenters. The van der Waals surface area contributed by atoms with Crippen molar-refractivity contribution < 1.29 is 29.3 Å². The molecule has 0 aliphatic heterocycles. The fourth-order valence-electron chi connectivity index (χ4n) is 1.43. The first-order valence-corrected chi connectivity index (χ1v) is 6.31. The third-order valence-electron chi connectivity index (χ3n) is 2.12. The van der Waals surface area contributed by atoms with Crippen LogP contribution in [0.2, 0.25) is 0 Å². The van der Waals surface area contributed by atoms with Crippen LogP contribution in [0.3, 0.4) is 0 Å².